The second kappa shape index (κ2) is 9.80. The van der Waals surface area contributed by atoms with Crippen molar-refractivity contribution in [2.45, 2.75) is 12.6 Å². The fourth-order valence-electron chi connectivity index (χ4n) is 2.25. The van der Waals surface area contributed by atoms with Crippen molar-refractivity contribution in [3.05, 3.63) is 58.6 Å². The third kappa shape index (κ3) is 5.87. The summed E-state index contributed by atoms with van der Waals surface area (Å²) < 4.78 is 15.8. The van der Waals surface area contributed by atoms with Crippen molar-refractivity contribution in [3.63, 3.8) is 0 Å². The number of carboxylic acids is 1. The van der Waals surface area contributed by atoms with Gasteiger partial charge in [0.05, 0.1) is 13.7 Å². The first kappa shape index (κ1) is 20.5. The standard InChI is InChI=1S/C19H20ClNO6/c1-25-11-15(19(23)24)21-18(22)13-5-8-16(17(9-13)26-2)27-10-12-3-6-14(20)7-4-12/h3-9,15H,10-11H2,1-2H3,(H,21,22)(H,23,24). The molecule has 27 heavy (non-hydrogen) atoms. The van der Waals surface area contributed by atoms with Gasteiger partial charge in [0.25, 0.3) is 5.91 Å². The lowest BCUT2D eigenvalue weighted by Gasteiger charge is -2.15. The summed E-state index contributed by atoms with van der Waals surface area (Å²) in [7, 11) is 2.81. The maximum absolute atomic E-state index is 12.3. The van der Waals surface area contributed by atoms with Crippen LogP contribution in [-0.2, 0) is 16.1 Å². The molecule has 1 atom stereocenters. The van der Waals surface area contributed by atoms with Crippen LogP contribution in [0.3, 0.4) is 0 Å². The van der Waals surface area contributed by atoms with Crippen molar-refractivity contribution < 1.29 is 28.9 Å². The maximum Gasteiger partial charge on any atom is 0.328 e. The van der Waals surface area contributed by atoms with Gasteiger partial charge in [0, 0.05) is 17.7 Å². The topological polar surface area (TPSA) is 94.1 Å². The summed E-state index contributed by atoms with van der Waals surface area (Å²) in [5.74, 6) is -0.923. The molecule has 2 aromatic rings. The number of carboxylic acid groups (broad SMARTS) is 1. The number of halogens is 1. The zero-order valence-corrected chi connectivity index (χ0v) is 15.7. The first-order chi connectivity index (χ1) is 12.9. The first-order valence-corrected chi connectivity index (χ1v) is 8.40. The van der Waals surface area contributed by atoms with Crippen molar-refractivity contribution >= 4 is 23.5 Å². The highest BCUT2D eigenvalue weighted by Crippen LogP contribution is 2.29. The van der Waals surface area contributed by atoms with Gasteiger partial charge in [-0.1, -0.05) is 23.7 Å². The number of amides is 1. The van der Waals surface area contributed by atoms with Crippen LogP contribution in [0.4, 0.5) is 0 Å². The highest BCUT2D eigenvalue weighted by Gasteiger charge is 2.21. The van der Waals surface area contributed by atoms with Crippen molar-refractivity contribution in [1.29, 1.82) is 0 Å². The summed E-state index contributed by atoms with van der Waals surface area (Å²) in [6, 6.07) is 10.7. The Bertz CT molecular complexity index is 793. The van der Waals surface area contributed by atoms with E-state index in [2.05, 4.69) is 5.32 Å². The minimum atomic E-state index is -1.18. The van der Waals surface area contributed by atoms with Crippen LogP contribution >= 0.6 is 11.6 Å². The molecule has 0 bridgehead atoms. The predicted molar refractivity (Wildman–Crippen MR) is 99.5 cm³/mol. The summed E-state index contributed by atoms with van der Waals surface area (Å²) in [4.78, 5) is 23.4. The highest BCUT2D eigenvalue weighted by atomic mass is 35.5. The molecule has 2 rings (SSSR count). The fourth-order valence-corrected chi connectivity index (χ4v) is 2.38. The van der Waals surface area contributed by atoms with E-state index >= 15 is 0 Å². The van der Waals surface area contributed by atoms with Crippen molar-refractivity contribution in [2.75, 3.05) is 20.8 Å². The molecule has 0 aromatic heterocycles. The normalized spacial score (nSPS) is 11.5. The van der Waals surface area contributed by atoms with Crippen LogP contribution < -0.4 is 14.8 Å². The van der Waals surface area contributed by atoms with Gasteiger partial charge in [0.1, 0.15) is 6.61 Å². The lowest BCUT2D eigenvalue weighted by molar-refractivity contribution is -0.140. The molecule has 7 nitrogen and oxygen atoms in total. The van der Waals surface area contributed by atoms with Crippen LogP contribution in [0.1, 0.15) is 15.9 Å². The van der Waals surface area contributed by atoms with Gasteiger partial charge in [-0.25, -0.2) is 4.79 Å². The number of ether oxygens (including phenoxy) is 3. The summed E-state index contributed by atoms with van der Waals surface area (Å²) in [6.45, 7) is 0.161. The number of carbonyl (C=O) groups is 2. The predicted octanol–water partition coefficient (Wildman–Crippen LogP) is 2.76. The van der Waals surface area contributed by atoms with Gasteiger partial charge in [-0.3, -0.25) is 4.79 Å². The number of carbonyl (C=O) groups excluding carboxylic acids is 1. The Labute approximate surface area is 161 Å². The molecule has 0 spiro atoms. The lowest BCUT2D eigenvalue weighted by Crippen LogP contribution is -2.43. The molecule has 1 amide bonds. The zero-order chi connectivity index (χ0) is 19.8. The molecule has 8 heteroatoms. The Balaban J connectivity index is 2.09. The summed E-state index contributed by atoms with van der Waals surface area (Å²) >= 11 is 5.86. The number of nitrogens with one attached hydrogen (secondary N) is 1. The number of benzene rings is 2. The van der Waals surface area contributed by atoms with Crippen LogP contribution in [0.15, 0.2) is 42.5 Å². The van der Waals surface area contributed by atoms with Gasteiger partial charge >= 0.3 is 5.97 Å². The molecule has 2 N–H and O–H groups in total. The second-order valence-corrected chi connectivity index (χ2v) is 6.04. The number of hydrogen-bond donors (Lipinski definition) is 2. The fraction of sp³-hybridized carbons (Fsp3) is 0.263. The molecule has 1 unspecified atom stereocenters. The second-order valence-electron chi connectivity index (χ2n) is 5.60. The van der Waals surface area contributed by atoms with E-state index in [-0.39, 0.29) is 12.2 Å². The van der Waals surface area contributed by atoms with E-state index in [0.29, 0.717) is 23.1 Å². The van der Waals surface area contributed by atoms with Crippen molar-refractivity contribution in [2.24, 2.45) is 0 Å². The molecule has 2 aromatic carbocycles. The molecule has 0 saturated heterocycles. The molecular formula is C19H20ClNO6. The molecule has 0 radical (unpaired) electrons. The molecule has 0 saturated carbocycles. The Morgan fingerprint density at radius 1 is 1.11 bits per heavy atom. The third-order valence-corrected chi connectivity index (χ3v) is 3.92. The summed E-state index contributed by atoms with van der Waals surface area (Å²) in [5, 5.41) is 12.1. The van der Waals surface area contributed by atoms with Crippen molar-refractivity contribution in [3.8, 4) is 11.5 Å². The van der Waals surface area contributed by atoms with Crippen LogP contribution in [-0.4, -0.2) is 43.9 Å². The van der Waals surface area contributed by atoms with E-state index < -0.39 is 17.9 Å². The van der Waals surface area contributed by atoms with Crippen LogP contribution in [0.2, 0.25) is 5.02 Å². The Morgan fingerprint density at radius 3 is 2.41 bits per heavy atom. The number of rotatable bonds is 9. The Hall–Kier alpha value is -2.77. The molecule has 0 fully saturated rings. The smallest absolute Gasteiger partial charge is 0.328 e. The summed E-state index contributed by atoms with van der Waals surface area (Å²) in [5.41, 5.74) is 1.17. The van der Waals surface area contributed by atoms with E-state index in [0.717, 1.165) is 5.56 Å². The molecule has 144 valence electrons. The molecule has 0 aliphatic carbocycles. The van der Waals surface area contributed by atoms with Gasteiger partial charge < -0.3 is 24.6 Å². The van der Waals surface area contributed by atoms with E-state index in [4.69, 9.17) is 30.9 Å². The Kier molecular flexibility index (Phi) is 7.45. The highest BCUT2D eigenvalue weighted by molar-refractivity contribution is 6.30. The number of methoxy groups -OCH3 is 2. The first-order valence-electron chi connectivity index (χ1n) is 8.02. The van der Waals surface area contributed by atoms with E-state index in [1.807, 2.05) is 12.1 Å². The minimum Gasteiger partial charge on any atom is -0.493 e. The van der Waals surface area contributed by atoms with E-state index in [9.17, 15) is 9.59 Å². The van der Waals surface area contributed by atoms with Gasteiger partial charge in [0.15, 0.2) is 17.5 Å². The average molecular weight is 394 g/mol. The van der Waals surface area contributed by atoms with Crippen LogP contribution in [0, 0.1) is 0 Å². The van der Waals surface area contributed by atoms with Crippen LogP contribution in [0.5, 0.6) is 11.5 Å². The monoisotopic (exact) mass is 393 g/mol. The Morgan fingerprint density at radius 2 is 1.81 bits per heavy atom. The lowest BCUT2D eigenvalue weighted by atomic mass is 10.1. The van der Waals surface area contributed by atoms with E-state index in [1.54, 1.807) is 18.2 Å². The molecule has 0 heterocycles. The largest absolute Gasteiger partial charge is 0.493 e. The molecule has 0 aliphatic heterocycles. The SMILES string of the molecule is COCC(NC(=O)c1ccc(OCc2ccc(Cl)cc2)c(OC)c1)C(=O)O. The zero-order valence-electron chi connectivity index (χ0n) is 14.9. The number of hydrogen-bond acceptors (Lipinski definition) is 5. The van der Waals surface area contributed by atoms with Gasteiger partial charge in [0.2, 0.25) is 0 Å². The number of aliphatic carboxylic acids is 1. The van der Waals surface area contributed by atoms with Gasteiger partial charge in [-0.2, -0.15) is 0 Å². The van der Waals surface area contributed by atoms with Gasteiger partial charge in [-0.15, -0.1) is 0 Å². The van der Waals surface area contributed by atoms with Crippen molar-refractivity contribution in [1.82, 2.24) is 5.32 Å². The molecular weight excluding hydrogens is 374 g/mol. The minimum absolute atomic E-state index is 0.138. The quantitative estimate of drug-likeness (QED) is 0.680. The summed E-state index contributed by atoms with van der Waals surface area (Å²) in [6.07, 6.45) is 0. The maximum atomic E-state index is 12.3. The average Bonchev–Trinajstić information content (AvgIpc) is 2.66. The molecule has 0 aliphatic rings. The van der Waals surface area contributed by atoms with Gasteiger partial charge in [-0.05, 0) is 35.9 Å². The van der Waals surface area contributed by atoms with Crippen LogP contribution in [0.25, 0.3) is 0 Å². The third-order valence-electron chi connectivity index (χ3n) is 3.67. The van der Waals surface area contributed by atoms with E-state index in [1.165, 1.54) is 26.4 Å².